The molecule has 1 N–H and O–H groups in total. The van der Waals surface area contributed by atoms with Crippen LogP contribution in [0, 0.1) is 5.41 Å². The van der Waals surface area contributed by atoms with Crippen LogP contribution >= 0.6 is 0 Å². The van der Waals surface area contributed by atoms with Gasteiger partial charge in [0.15, 0.2) is 0 Å². The second-order valence-electron chi connectivity index (χ2n) is 7.38. The van der Waals surface area contributed by atoms with Crippen LogP contribution in [0.1, 0.15) is 6.92 Å². The zero-order valence-corrected chi connectivity index (χ0v) is 14.9. The van der Waals surface area contributed by atoms with Crippen molar-refractivity contribution in [2.45, 2.75) is 6.92 Å². The number of ether oxygens (including phenoxy) is 2. The molecule has 0 unspecified atom stereocenters. The molecule has 1 saturated heterocycles. The molecule has 0 radical (unpaired) electrons. The van der Waals surface area contributed by atoms with Gasteiger partial charge in [-0.15, -0.1) is 0 Å². The first-order valence-electron chi connectivity index (χ1n) is 8.88. The number of aromatic nitrogens is 3. The fraction of sp³-hybridized carbons (Fsp3) is 0.238. The number of hydrogen-bond donors (Lipinski definition) is 1. The van der Waals surface area contributed by atoms with E-state index in [1.54, 1.807) is 12.4 Å². The van der Waals surface area contributed by atoms with Gasteiger partial charge in [0.1, 0.15) is 29.2 Å². The first-order valence-corrected chi connectivity index (χ1v) is 8.88. The fourth-order valence-electron chi connectivity index (χ4n) is 3.31. The van der Waals surface area contributed by atoms with E-state index >= 15 is 0 Å². The van der Waals surface area contributed by atoms with Gasteiger partial charge in [0.25, 0.3) is 0 Å². The third-order valence-electron chi connectivity index (χ3n) is 4.94. The van der Waals surface area contributed by atoms with E-state index in [0.717, 1.165) is 35.4 Å². The van der Waals surface area contributed by atoms with Crippen LogP contribution in [-0.2, 0) is 4.74 Å². The second kappa shape index (κ2) is 5.96. The van der Waals surface area contributed by atoms with E-state index in [2.05, 4.69) is 16.9 Å². The quantitative estimate of drug-likeness (QED) is 0.600. The van der Waals surface area contributed by atoms with Crippen molar-refractivity contribution in [2.75, 3.05) is 19.8 Å². The molecule has 0 spiro atoms. The normalized spacial score (nSPS) is 15.7. The van der Waals surface area contributed by atoms with Gasteiger partial charge in [-0.2, -0.15) is 0 Å². The minimum absolute atomic E-state index is 0.103. The highest BCUT2D eigenvalue weighted by molar-refractivity contribution is 5.85. The predicted octanol–water partition coefficient (Wildman–Crippen LogP) is 3.69. The smallest absolute Gasteiger partial charge is 0.141 e. The Morgan fingerprint density at radius 2 is 2.07 bits per heavy atom. The number of phenolic OH excluding ortho intramolecular Hbond substituents is 1. The summed E-state index contributed by atoms with van der Waals surface area (Å²) < 4.78 is 13.1. The van der Waals surface area contributed by atoms with Crippen LogP contribution in [0.5, 0.6) is 11.5 Å². The number of imidazole rings is 1. The van der Waals surface area contributed by atoms with E-state index in [-0.39, 0.29) is 11.2 Å². The summed E-state index contributed by atoms with van der Waals surface area (Å²) in [6, 6.07) is 15.1. The van der Waals surface area contributed by atoms with Crippen molar-refractivity contribution in [1.82, 2.24) is 14.5 Å². The van der Waals surface area contributed by atoms with E-state index in [1.807, 2.05) is 47.0 Å². The van der Waals surface area contributed by atoms with Crippen LogP contribution in [0.4, 0.5) is 0 Å². The molecule has 0 amide bonds. The summed E-state index contributed by atoms with van der Waals surface area (Å²) in [5, 5.41) is 11.0. The molecule has 0 saturated carbocycles. The fourth-order valence-corrected chi connectivity index (χ4v) is 3.31. The van der Waals surface area contributed by atoms with Gasteiger partial charge in [0.2, 0.25) is 0 Å². The average molecular weight is 361 g/mol. The Kier molecular flexibility index (Phi) is 3.55. The molecule has 6 heteroatoms. The molecule has 4 aromatic rings. The Morgan fingerprint density at radius 1 is 1.19 bits per heavy atom. The third kappa shape index (κ3) is 2.78. The van der Waals surface area contributed by atoms with E-state index in [1.165, 1.54) is 0 Å². The molecule has 6 nitrogen and oxygen atoms in total. The summed E-state index contributed by atoms with van der Waals surface area (Å²) >= 11 is 0. The summed E-state index contributed by atoms with van der Waals surface area (Å²) in [5.41, 5.74) is 2.45. The summed E-state index contributed by atoms with van der Waals surface area (Å²) in [5.74, 6) is 1.67. The van der Waals surface area contributed by atoms with Crippen LogP contribution < -0.4 is 4.74 Å². The molecule has 1 fully saturated rings. The Bertz CT molecular complexity index is 1150. The maximum absolute atomic E-state index is 10.1. The third-order valence-corrected chi connectivity index (χ3v) is 4.94. The van der Waals surface area contributed by atoms with Crippen molar-refractivity contribution in [3.63, 3.8) is 0 Å². The van der Waals surface area contributed by atoms with E-state index in [0.29, 0.717) is 17.9 Å². The van der Waals surface area contributed by atoms with Gasteiger partial charge in [0, 0.05) is 16.9 Å². The predicted molar refractivity (Wildman–Crippen MR) is 102 cm³/mol. The van der Waals surface area contributed by atoms with Gasteiger partial charge in [-0.05, 0) is 30.3 Å². The molecule has 2 aromatic carbocycles. The van der Waals surface area contributed by atoms with Gasteiger partial charge >= 0.3 is 0 Å². The molecular weight excluding hydrogens is 342 g/mol. The summed E-state index contributed by atoms with van der Waals surface area (Å²) in [6.45, 7) is 4.27. The van der Waals surface area contributed by atoms with Crippen LogP contribution in [0.25, 0.3) is 27.8 Å². The maximum Gasteiger partial charge on any atom is 0.141 e. The van der Waals surface area contributed by atoms with Gasteiger partial charge < -0.3 is 14.6 Å². The van der Waals surface area contributed by atoms with Crippen LogP contribution in [0.15, 0.2) is 54.9 Å². The van der Waals surface area contributed by atoms with Crippen molar-refractivity contribution >= 4 is 21.9 Å². The Hall–Kier alpha value is -3.12. The van der Waals surface area contributed by atoms with Crippen molar-refractivity contribution in [3.8, 4) is 17.3 Å². The van der Waals surface area contributed by atoms with Crippen LogP contribution in [0.2, 0.25) is 0 Å². The Morgan fingerprint density at radius 3 is 2.89 bits per heavy atom. The Balaban J connectivity index is 1.48. The SMILES string of the molecule is CC1(COc2ccc3c(c2)ncn3-c2ccc3cccc(O)c3n2)COC1. The molecule has 0 aliphatic carbocycles. The summed E-state index contributed by atoms with van der Waals surface area (Å²) in [4.78, 5) is 9.10. The van der Waals surface area contributed by atoms with E-state index < -0.39 is 0 Å². The van der Waals surface area contributed by atoms with Gasteiger partial charge in [0.05, 0.1) is 30.9 Å². The molecule has 27 heavy (non-hydrogen) atoms. The highest BCUT2D eigenvalue weighted by atomic mass is 16.5. The van der Waals surface area contributed by atoms with Crippen molar-refractivity contribution in [2.24, 2.45) is 5.41 Å². The molecule has 3 heterocycles. The lowest BCUT2D eigenvalue weighted by Gasteiger charge is -2.37. The minimum Gasteiger partial charge on any atom is -0.506 e. The number of fused-ring (bicyclic) bond motifs is 2. The molecule has 5 rings (SSSR count). The van der Waals surface area contributed by atoms with Crippen LogP contribution in [-0.4, -0.2) is 39.5 Å². The van der Waals surface area contributed by atoms with Gasteiger partial charge in [-0.1, -0.05) is 19.1 Å². The number of aromatic hydroxyl groups is 1. The number of phenols is 1. The molecule has 1 aliphatic heterocycles. The number of para-hydroxylation sites is 1. The summed E-state index contributed by atoms with van der Waals surface area (Å²) in [6.07, 6.45) is 1.74. The first-order chi connectivity index (χ1) is 13.1. The largest absolute Gasteiger partial charge is 0.506 e. The number of pyridine rings is 1. The number of rotatable bonds is 4. The lowest BCUT2D eigenvalue weighted by atomic mass is 9.90. The topological polar surface area (TPSA) is 69.4 Å². The molecule has 2 aromatic heterocycles. The first kappa shape index (κ1) is 16.1. The second-order valence-corrected chi connectivity index (χ2v) is 7.38. The van der Waals surface area contributed by atoms with Crippen molar-refractivity contribution < 1.29 is 14.6 Å². The lowest BCUT2D eigenvalue weighted by molar-refractivity contribution is -0.120. The average Bonchev–Trinajstić information content (AvgIpc) is 3.08. The summed E-state index contributed by atoms with van der Waals surface area (Å²) in [7, 11) is 0. The van der Waals surface area contributed by atoms with Gasteiger partial charge in [-0.3, -0.25) is 4.57 Å². The highest BCUT2D eigenvalue weighted by Gasteiger charge is 2.34. The molecular formula is C21H19N3O3. The van der Waals surface area contributed by atoms with Gasteiger partial charge in [-0.25, -0.2) is 9.97 Å². The van der Waals surface area contributed by atoms with E-state index in [9.17, 15) is 5.11 Å². The maximum atomic E-state index is 10.1. The zero-order chi connectivity index (χ0) is 18.4. The minimum atomic E-state index is 0.103. The molecule has 136 valence electrons. The number of benzene rings is 2. The van der Waals surface area contributed by atoms with E-state index in [4.69, 9.17) is 9.47 Å². The van der Waals surface area contributed by atoms with Crippen molar-refractivity contribution in [1.29, 1.82) is 0 Å². The monoisotopic (exact) mass is 361 g/mol. The molecule has 1 aliphatic rings. The van der Waals surface area contributed by atoms with Crippen LogP contribution in [0.3, 0.4) is 0 Å². The Labute approximate surface area is 156 Å². The zero-order valence-electron chi connectivity index (χ0n) is 14.9. The van der Waals surface area contributed by atoms with Crippen molar-refractivity contribution in [3.05, 3.63) is 54.9 Å². The lowest BCUT2D eigenvalue weighted by Crippen LogP contribution is -2.44. The number of hydrogen-bond acceptors (Lipinski definition) is 5. The highest BCUT2D eigenvalue weighted by Crippen LogP contribution is 2.29. The molecule has 0 atom stereocenters. The number of nitrogens with zero attached hydrogens (tertiary/aromatic N) is 3. The standard InChI is InChI=1S/C21H19N3O3/c1-21(10-26-11-21)12-27-15-6-7-17-16(9-15)22-13-24(17)19-8-5-14-3-2-4-18(25)20(14)23-19/h2-9,13,25H,10-12H2,1H3. The molecule has 0 bridgehead atoms.